The number of pyridine rings is 1. The molecule has 1 aromatic heterocycles. The van der Waals surface area contributed by atoms with Gasteiger partial charge in [0.2, 0.25) is 0 Å². The highest BCUT2D eigenvalue weighted by Crippen LogP contribution is 2.38. The van der Waals surface area contributed by atoms with Gasteiger partial charge in [-0.2, -0.15) is 0 Å². The largest absolute Gasteiger partial charge is 0.322 e. The number of carbonyl (C=O) groups is 1. The molecule has 0 bridgehead atoms. The first-order valence-corrected chi connectivity index (χ1v) is 7.77. The van der Waals surface area contributed by atoms with E-state index in [0.29, 0.717) is 10.6 Å². The van der Waals surface area contributed by atoms with Crippen molar-refractivity contribution >= 4 is 29.3 Å². The Bertz CT molecular complexity index is 620. The average molecular weight is 305 g/mol. The Balaban J connectivity index is 1.90. The maximum atomic E-state index is 12.7. The highest BCUT2D eigenvalue weighted by molar-refractivity contribution is 7.99. The van der Waals surface area contributed by atoms with Crippen molar-refractivity contribution in [1.82, 2.24) is 9.88 Å². The van der Waals surface area contributed by atoms with E-state index in [4.69, 9.17) is 11.6 Å². The van der Waals surface area contributed by atoms with Gasteiger partial charge in [0.15, 0.2) is 0 Å². The van der Waals surface area contributed by atoms with Crippen LogP contribution in [0.2, 0.25) is 5.02 Å². The van der Waals surface area contributed by atoms with Gasteiger partial charge in [-0.3, -0.25) is 9.78 Å². The third kappa shape index (κ3) is 2.53. The van der Waals surface area contributed by atoms with Crippen LogP contribution < -0.4 is 0 Å². The number of rotatable bonds is 2. The number of nitrogens with zero attached hydrogens (tertiary/aromatic N) is 2. The molecule has 0 saturated carbocycles. The van der Waals surface area contributed by atoms with Gasteiger partial charge in [-0.05, 0) is 18.2 Å². The van der Waals surface area contributed by atoms with Crippen LogP contribution in [0.15, 0.2) is 48.8 Å². The molecule has 102 valence electrons. The predicted octanol–water partition coefficient (Wildman–Crippen LogP) is 3.62. The van der Waals surface area contributed by atoms with Crippen molar-refractivity contribution < 1.29 is 4.79 Å². The predicted molar refractivity (Wildman–Crippen MR) is 81.9 cm³/mol. The van der Waals surface area contributed by atoms with E-state index in [0.717, 1.165) is 17.9 Å². The zero-order chi connectivity index (χ0) is 13.9. The van der Waals surface area contributed by atoms with Crippen LogP contribution in [0.4, 0.5) is 0 Å². The molecule has 0 radical (unpaired) electrons. The molecule has 0 unspecified atom stereocenters. The molecule has 1 aromatic carbocycles. The molecule has 3 rings (SSSR count). The summed E-state index contributed by atoms with van der Waals surface area (Å²) in [6, 6.07) is 11.1. The van der Waals surface area contributed by atoms with E-state index >= 15 is 0 Å². The summed E-state index contributed by atoms with van der Waals surface area (Å²) < 4.78 is 0. The molecule has 0 N–H and O–H groups in total. The van der Waals surface area contributed by atoms with Crippen molar-refractivity contribution in [2.24, 2.45) is 0 Å². The number of hydrogen-bond acceptors (Lipinski definition) is 3. The van der Waals surface area contributed by atoms with Gasteiger partial charge in [-0.25, -0.2) is 0 Å². The summed E-state index contributed by atoms with van der Waals surface area (Å²) >= 11 is 7.88. The lowest BCUT2D eigenvalue weighted by atomic mass is 10.1. The second-order valence-corrected chi connectivity index (χ2v) is 6.08. The van der Waals surface area contributed by atoms with Gasteiger partial charge in [0.1, 0.15) is 5.37 Å². The number of amides is 1. The van der Waals surface area contributed by atoms with Gasteiger partial charge in [0, 0.05) is 30.3 Å². The fourth-order valence-corrected chi connectivity index (χ4v) is 3.72. The normalized spacial score (nSPS) is 18.2. The van der Waals surface area contributed by atoms with E-state index in [9.17, 15) is 4.79 Å². The third-order valence-corrected chi connectivity index (χ3v) is 4.82. The second kappa shape index (κ2) is 5.85. The standard InChI is InChI=1S/C15H13ClN2OS/c16-13-6-2-1-5-12(13)14(19)18-8-9-20-15(18)11-4-3-7-17-10-11/h1-7,10,15H,8-9H2/t15-/m0/s1. The van der Waals surface area contributed by atoms with Crippen LogP contribution in [0.25, 0.3) is 0 Å². The SMILES string of the molecule is O=C(c1ccccc1Cl)N1CCS[C@H]1c1cccnc1. The van der Waals surface area contributed by atoms with E-state index in [1.807, 2.05) is 35.4 Å². The molecule has 2 heterocycles. The molecule has 3 nitrogen and oxygen atoms in total. The number of carbonyl (C=O) groups excluding carboxylic acids is 1. The van der Waals surface area contributed by atoms with Crippen LogP contribution >= 0.6 is 23.4 Å². The van der Waals surface area contributed by atoms with E-state index in [1.54, 1.807) is 30.1 Å². The lowest BCUT2D eigenvalue weighted by molar-refractivity contribution is 0.0760. The van der Waals surface area contributed by atoms with Crippen molar-refractivity contribution in [3.8, 4) is 0 Å². The molecule has 1 amide bonds. The van der Waals surface area contributed by atoms with Gasteiger partial charge < -0.3 is 4.90 Å². The lowest BCUT2D eigenvalue weighted by Crippen LogP contribution is -2.30. The number of hydrogen-bond donors (Lipinski definition) is 0. The maximum Gasteiger partial charge on any atom is 0.256 e. The summed E-state index contributed by atoms with van der Waals surface area (Å²) in [5, 5.41) is 0.520. The highest BCUT2D eigenvalue weighted by Gasteiger charge is 2.32. The van der Waals surface area contributed by atoms with E-state index in [2.05, 4.69) is 4.98 Å². The molecule has 1 atom stereocenters. The summed E-state index contributed by atoms with van der Waals surface area (Å²) in [4.78, 5) is 18.7. The van der Waals surface area contributed by atoms with E-state index < -0.39 is 0 Å². The van der Waals surface area contributed by atoms with Crippen LogP contribution in [0.1, 0.15) is 21.3 Å². The average Bonchev–Trinajstić information content (AvgIpc) is 2.97. The number of aromatic nitrogens is 1. The molecule has 1 aliphatic heterocycles. The lowest BCUT2D eigenvalue weighted by Gasteiger charge is -2.24. The first kappa shape index (κ1) is 13.5. The van der Waals surface area contributed by atoms with Crippen LogP contribution in [-0.2, 0) is 0 Å². The van der Waals surface area contributed by atoms with Crippen LogP contribution in [0.5, 0.6) is 0 Å². The van der Waals surface area contributed by atoms with Crippen LogP contribution in [0, 0.1) is 0 Å². The second-order valence-electron chi connectivity index (χ2n) is 4.49. The van der Waals surface area contributed by atoms with Crippen molar-refractivity contribution in [3.63, 3.8) is 0 Å². The van der Waals surface area contributed by atoms with Gasteiger partial charge >= 0.3 is 0 Å². The molecule has 0 aliphatic carbocycles. The quantitative estimate of drug-likeness (QED) is 0.849. The molecule has 1 saturated heterocycles. The molecule has 1 fully saturated rings. The Labute approximate surface area is 127 Å². The van der Waals surface area contributed by atoms with Crippen molar-refractivity contribution in [3.05, 3.63) is 64.9 Å². The summed E-state index contributed by atoms with van der Waals surface area (Å²) in [6.07, 6.45) is 3.55. The zero-order valence-electron chi connectivity index (χ0n) is 10.7. The fraction of sp³-hybridized carbons (Fsp3) is 0.200. The van der Waals surface area contributed by atoms with Crippen molar-refractivity contribution in [1.29, 1.82) is 0 Å². The Hall–Kier alpha value is -1.52. The van der Waals surface area contributed by atoms with Gasteiger partial charge in [-0.1, -0.05) is 29.8 Å². The summed E-state index contributed by atoms with van der Waals surface area (Å²) in [7, 11) is 0. The monoisotopic (exact) mass is 304 g/mol. The smallest absolute Gasteiger partial charge is 0.256 e. The number of halogens is 1. The molecule has 2 aromatic rings. The molecule has 5 heteroatoms. The Kier molecular flexibility index (Phi) is 3.94. The Morgan fingerprint density at radius 2 is 2.15 bits per heavy atom. The maximum absolute atomic E-state index is 12.7. The molecule has 20 heavy (non-hydrogen) atoms. The highest BCUT2D eigenvalue weighted by atomic mass is 35.5. The first-order valence-electron chi connectivity index (χ1n) is 6.34. The van der Waals surface area contributed by atoms with Crippen molar-refractivity contribution in [2.75, 3.05) is 12.3 Å². The van der Waals surface area contributed by atoms with E-state index in [-0.39, 0.29) is 11.3 Å². The fourth-order valence-electron chi connectivity index (χ4n) is 2.27. The van der Waals surface area contributed by atoms with Crippen LogP contribution in [-0.4, -0.2) is 28.1 Å². The van der Waals surface area contributed by atoms with Gasteiger partial charge in [-0.15, -0.1) is 11.8 Å². The zero-order valence-corrected chi connectivity index (χ0v) is 12.3. The van der Waals surface area contributed by atoms with Crippen LogP contribution in [0.3, 0.4) is 0 Å². The molecular weight excluding hydrogens is 292 g/mol. The Morgan fingerprint density at radius 1 is 1.30 bits per heavy atom. The summed E-state index contributed by atoms with van der Waals surface area (Å²) in [5.41, 5.74) is 1.61. The van der Waals surface area contributed by atoms with E-state index in [1.165, 1.54) is 0 Å². The molecule has 0 spiro atoms. The minimum atomic E-state index is -0.0190. The Morgan fingerprint density at radius 3 is 2.90 bits per heavy atom. The number of thioether (sulfide) groups is 1. The molecular formula is C15H13ClN2OS. The topological polar surface area (TPSA) is 33.2 Å². The first-order chi connectivity index (χ1) is 9.77. The number of benzene rings is 1. The molecule has 1 aliphatic rings. The minimum Gasteiger partial charge on any atom is -0.322 e. The minimum absolute atomic E-state index is 0.0190. The third-order valence-electron chi connectivity index (χ3n) is 3.23. The summed E-state index contributed by atoms with van der Waals surface area (Å²) in [6.45, 7) is 0.730. The van der Waals surface area contributed by atoms with Gasteiger partial charge in [0.25, 0.3) is 5.91 Å². The van der Waals surface area contributed by atoms with Gasteiger partial charge in [0.05, 0.1) is 10.6 Å². The summed E-state index contributed by atoms with van der Waals surface area (Å²) in [5.74, 6) is 0.907. The van der Waals surface area contributed by atoms with Crippen molar-refractivity contribution in [2.45, 2.75) is 5.37 Å².